The topological polar surface area (TPSA) is 40.6 Å². The van der Waals surface area contributed by atoms with Crippen LogP contribution in [0.3, 0.4) is 0 Å². The van der Waals surface area contributed by atoms with Crippen molar-refractivity contribution in [2.24, 2.45) is 0 Å². The summed E-state index contributed by atoms with van der Waals surface area (Å²) in [6.07, 6.45) is 5.56. The van der Waals surface area contributed by atoms with Gasteiger partial charge in [0.05, 0.1) is 6.54 Å². The van der Waals surface area contributed by atoms with E-state index in [9.17, 15) is 9.59 Å². The van der Waals surface area contributed by atoms with E-state index < -0.39 is 0 Å². The predicted octanol–water partition coefficient (Wildman–Crippen LogP) is 2.48. The number of hydrogen-bond acceptors (Lipinski definition) is 2. The molecule has 0 aromatic heterocycles. The maximum Gasteiger partial charge on any atom is 0.241 e. The third-order valence-corrected chi connectivity index (χ3v) is 4.23. The molecule has 2 rings (SSSR count). The summed E-state index contributed by atoms with van der Waals surface area (Å²) in [6, 6.07) is 10.3. The zero-order chi connectivity index (χ0) is 15.8. The van der Waals surface area contributed by atoms with Gasteiger partial charge in [0.15, 0.2) is 0 Å². The van der Waals surface area contributed by atoms with Crippen molar-refractivity contribution in [2.45, 2.75) is 38.5 Å². The minimum absolute atomic E-state index is 0.0447. The Kier molecular flexibility index (Phi) is 6.44. The first-order valence-electron chi connectivity index (χ1n) is 8.22. The highest BCUT2D eigenvalue weighted by molar-refractivity contribution is 5.84. The first kappa shape index (κ1) is 16.5. The van der Waals surface area contributed by atoms with Crippen molar-refractivity contribution in [1.82, 2.24) is 9.80 Å². The number of carbonyl (C=O) groups excluding carboxylic acids is 2. The van der Waals surface area contributed by atoms with Crippen LogP contribution in [0, 0.1) is 0 Å². The van der Waals surface area contributed by atoms with Crippen LogP contribution in [-0.4, -0.2) is 48.3 Å². The number of carbonyl (C=O) groups is 2. The zero-order valence-electron chi connectivity index (χ0n) is 13.5. The average molecular weight is 302 g/mol. The maximum absolute atomic E-state index is 12.2. The summed E-state index contributed by atoms with van der Waals surface area (Å²) >= 11 is 0. The summed E-state index contributed by atoms with van der Waals surface area (Å²) in [5, 5.41) is 0. The molecule has 0 unspecified atom stereocenters. The molecule has 4 heteroatoms. The van der Waals surface area contributed by atoms with E-state index in [1.165, 1.54) is 5.56 Å². The molecule has 4 nitrogen and oxygen atoms in total. The number of nitrogens with zero attached hydrogens (tertiary/aromatic N) is 2. The summed E-state index contributed by atoms with van der Waals surface area (Å²) in [7, 11) is 1.83. The fourth-order valence-corrected chi connectivity index (χ4v) is 2.78. The fraction of sp³-hybridized carbons (Fsp3) is 0.556. The second kappa shape index (κ2) is 8.57. The minimum atomic E-state index is 0.0447. The van der Waals surface area contributed by atoms with Crippen molar-refractivity contribution in [3.05, 3.63) is 35.9 Å². The van der Waals surface area contributed by atoms with Crippen molar-refractivity contribution in [3.63, 3.8) is 0 Å². The lowest BCUT2D eigenvalue weighted by Gasteiger charge is -2.24. The molecule has 0 bridgehead atoms. The second-order valence-corrected chi connectivity index (χ2v) is 6.03. The normalized spacial score (nSPS) is 15.5. The minimum Gasteiger partial charge on any atom is -0.344 e. The summed E-state index contributed by atoms with van der Waals surface area (Å²) in [5.74, 6) is 0.173. The Hall–Kier alpha value is -1.84. The van der Waals surface area contributed by atoms with Crippen molar-refractivity contribution in [2.75, 3.05) is 26.7 Å². The molecule has 120 valence electrons. The lowest BCUT2D eigenvalue weighted by atomic mass is 10.1. The van der Waals surface area contributed by atoms with E-state index in [0.29, 0.717) is 6.42 Å². The SMILES string of the molecule is CN(CCCc1ccccc1)C(=O)CN1CCCCCC1=O. The van der Waals surface area contributed by atoms with Crippen molar-refractivity contribution >= 4 is 11.8 Å². The smallest absolute Gasteiger partial charge is 0.241 e. The Morgan fingerprint density at radius 3 is 2.73 bits per heavy atom. The predicted molar refractivity (Wildman–Crippen MR) is 87.4 cm³/mol. The Morgan fingerprint density at radius 1 is 1.18 bits per heavy atom. The van der Waals surface area contributed by atoms with E-state index in [4.69, 9.17) is 0 Å². The number of amides is 2. The fourth-order valence-electron chi connectivity index (χ4n) is 2.78. The monoisotopic (exact) mass is 302 g/mol. The Balaban J connectivity index is 1.73. The zero-order valence-corrected chi connectivity index (χ0v) is 13.5. The van der Waals surface area contributed by atoms with Gasteiger partial charge in [0.1, 0.15) is 0 Å². The lowest BCUT2D eigenvalue weighted by Crippen LogP contribution is -2.41. The van der Waals surface area contributed by atoms with Gasteiger partial charge >= 0.3 is 0 Å². The van der Waals surface area contributed by atoms with E-state index in [2.05, 4.69) is 12.1 Å². The average Bonchev–Trinajstić information content (AvgIpc) is 2.73. The molecule has 0 spiro atoms. The molecular formula is C18H26N2O2. The van der Waals surface area contributed by atoms with Crippen LogP contribution in [0.25, 0.3) is 0 Å². The number of likely N-dealkylation sites (N-methyl/N-ethyl adjacent to an activating group) is 1. The number of hydrogen-bond donors (Lipinski definition) is 0. The van der Waals surface area contributed by atoms with Gasteiger partial charge in [-0.1, -0.05) is 36.8 Å². The van der Waals surface area contributed by atoms with Crippen LogP contribution in [0.15, 0.2) is 30.3 Å². The van der Waals surface area contributed by atoms with Crippen LogP contribution < -0.4 is 0 Å². The molecule has 1 fully saturated rings. The lowest BCUT2D eigenvalue weighted by molar-refractivity contribution is -0.139. The molecular weight excluding hydrogens is 276 g/mol. The highest BCUT2D eigenvalue weighted by Crippen LogP contribution is 2.11. The van der Waals surface area contributed by atoms with Gasteiger partial charge in [-0.2, -0.15) is 0 Å². The van der Waals surface area contributed by atoms with Gasteiger partial charge in [-0.25, -0.2) is 0 Å². The van der Waals surface area contributed by atoms with E-state index in [-0.39, 0.29) is 18.4 Å². The van der Waals surface area contributed by atoms with Gasteiger partial charge in [0.2, 0.25) is 11.8 Å². The molecule has 1 aromatic carbocycles. The van der Waals surface area contributed by atoms with Gasteiger partial charge in [-0.3, -0.25) is 9.59 Å². The molecule has 1 aromatic rings. The van der Waals surface area contributed by atoms with Crippen molar-refractivity contribution < 1.29 is 9.59 Å². The Bertz CT molecular complexity index is 487. The third kappa shape index (κ3) is 5.17. The van der Waals surface area contributed by atoms with E-state index in [1.807, 2.05) is 25.2 Å². The molecule has 0 N–H and O–H groups in total. The maximum atomic E-state index is 12.2. The Morgan fingerprint density at radius 2 is 1.95 bits per heavy atom. The van der Waals surface area contributed by atoms with Crippen LogP contribution in [0.1, 0.15) is 37.7 Å². The summed E-state index contributed by atoms with van der Waals surface area (Å²) in [5.41, 5.74) is 1.30. The molecule has 0 radical (unpaired) electrons. The molecule has 1 saturated heterocycles. The van der Waals surface area contributed by atoms with E-state index in [0.717, 1.165) is 45.2 Å². The van der Waals surface area contributed by atoms with Crippen LogP contribution in [-0.2, 0) is 16.0 Å². The first-order chi connectivity index (χ1) is 10.7. The third-order valence-electron chi connectivity index (χ3n) is 4.23. The van der Waals surface area contributed by atoms with Crippen LogP contribution >= 0.6 is 0 Å². The van der Waals surface area contributed by atoms with E-state index >= 15 is 0 Å². The van der Waals surface area contributed by atoms with Crippen molar-refractivity contribution in [3.8, 4) is 0 Å². The van der Waals surface area contributed by atoms with Gasteiger partial charge in [-0.05, 0) is 31.2 Å². The van der Waals surface area contributed by atoms with Gasteiger partial charge in [0, 0.05) is 26.6 Å². The quantitative estimate of drug-likeness (QED) is 0.810. The first-order valence-corrected chi connectivity index (χ1v) is 8.22. The number of likely N-dealkylation sites (tertiary alicyclic amines) is 1. The van der Waals surface area contributed by atoms with Gasteiger partial charge in [0.25, 0.3) is 0 Å². The van der Waals surface area contributed by atoms with Crippen LogP contribution in [0.2, 0.25) is 0 Å². The summed E-state index contributed by atoms with van der Waals surface area (Å²) < 4.78 is 0. The largest absolute Gasteiger partial charge is 0.344 e. The standard InChI is InChI=1S/C18H26N2O2/c1-19(13-8-11-16-9-4-2-5-10-16)18(22)15-20-14-7-3-6-12-17(20)21/h2,4-5,9-10H,3,6-8,11-15H2,1H3. The highest BCUT2D eigenvalue weighted by atomic mass is 16.2. The van der Waals surface area contributed by atoms with Crippen LogP contribution in [0.5, 0.6) is 0 Å². The molecule has 2 amide bonds. The number of benzene rings is 1. The number of rotatable bonds is 6. The van der Waals surface area contributed by atoms with Gasteiger partial charge < -0.3 is 9.80 Å². The van der Waals surface area contributed by atoms with Crippen LogP contribution in [0.4, 0.5) is 0 Å². The molecule has 1 aliphatic rings. The number of aryl methyl sites for hydroxylation is 1. The Labute approximate surface area is 133 Å². The summed E-state index contributed by atoms with van der Waals surface area (Å²) in [6.45, 7) is 1.69. The highest BCUT2D eigenvalue weighted by Gasteiger charge is 2.20. The molecule has 22 heavy (non-hydrogen) atoms. The molecule has 0 aliphatic carbocycles. The van der Waals surface area contributed by atoms with Gasteiger partial charge in [-0.15, -0.1) is 0 Å². The molecule has 1 aliphatic heterocycles. The molecule has 0 saturated carbocycles. The summed E-state index contributed by atoms with van der Waals surface area (Å²) in [4.78, 5) is 27.6. The van der Waals surface area contributed by atoms with Crippen molar-refractivity contribution in [1.29, 1.82) is 0 Å². The second-order valence-electron chi connectivity index (χ2n) is 6.03. The molecule has 0 atom stereocenters. The van der Waals surface area contributed by atoms with E-state index in [1.54, 1.807) is 9.80 Å². The molecule has 1 heterocycles.